The van der Waals surface area contributed by atoms with Crippen molar-refractivity contribution in [3.63, 3.8) is 0 Å². The lowest BCUT2D eigenvalue weighted by Crippen LogP contribution is -2.34. The number of thiophene rings is 1. The zero-order valence-corrected chi connectivity index (χ0v) is 14.6. The van der Waals surface area contributed by atoms with Gasteiger partial charge in [-0.15, -0.1) is 11.3 Å². The van der Waals surface area contributed by atoms with Gasteiger partial charge in [-0.05, 0) is 26.1 Å². The van der Waals surface area contributed by atoms with Gasteiger partial charge in [-0.25, -0.2) is 8.42 Å². The van der Waals surface area contributed by atoms with Gasteiger partial charge in [0.15, 0.2) is 0 Å². The molecular formula is C14H25N3O2S2. The smallest absolute Gasteiger partial charge is 0.243 e. The van der Waals surface area contributed by atoms with Crippen LogP contribution in [0.3, 0.4) is 0 Å². The van der Waals surface area contributed by atoms with Crippen LogP contribution in [0.25, 0.3) is 0 Å². The molecule has 120 valence electrons. The van der Waals surface area contributed by atoms with Crippen LogP contribution >= 0.6 is 11.3 Å². The van der Waals surface area contributed by atoms with Gasteiger partial charge in [0.2, 0.25) is 10.0 Å². The molecule has 1 aromatic heterocycles. The summed E-state index contributed by atoms with van der Waals surface area (Å²) in [7, 11) is -1.30. The quantitative estimate of drug-likeness (QED) is 0.890. The summed E-state index contributed by atoms with van der Waals surface area (Å²) in [5, 5.41) is 5.08. The number of nitrogens with one attached hydrogen (secondary N) is 1. The summed E-state index contributed by atoms with van der Waals surface area (Å²) in [6.45, 7) is 7.83. The minimum absolute atomic E-state index is 0.397. The normalized spacial score (nSPS) is 19.0. The molecule has 5 nitrogen and oxygen atoms in total. The highest BCUT2D eigenvalue weighted by Gasteiger charge is 2.27. The zero-order chi connectivity index (χ0) is 15.5. The maximum Gasteiger partial charge on any atom is 0.243 e. The Morgan fingerprint density at radius 1 is 1.29 bits per heavy atom. The maximum absolute atomic E-state index is 12.7. The molecule has 1 fully saturated rings. The fourth-order valence-electron chi connectivity index (χ4n) is 2.31. The minimum atomic E-state index is -3.34. The summed E-state index contributed by atoms with van der Waals surface area (Å²) in [6, 6.07) is 2.21. The van der Waals surface area contributed by atoms with Crippen molar-refractivity contribution in [2.24, 2.45) is 0 Å². The fourth-order valence-corrected chi connectivity index (χ4v) is 4.99. The number of likely N-dealkylation sites (N-methyl/N-ethyl adjacent to an activating group) is 1. The molecule has 1 aliphatic heterocycles. The molecule has 2 heterocycles. The summed E-state index contributed by atoms with van der Waals surface area (Å²) >= 11 is 1.51. The summed E-state index contributed by atoms with van der Waals surface area (Å²) in [5.74, 6) is 0. The number of sulfonamides is 1. The highest BCUT2D eigenvalue weighted by atomic mass is 32.2. The molecule has 0 radical (unpaired) electrons. The predicted octanol–water partition coefficient (Wildman–Crippen LogP) is 1.57. The van der Waals surface area contributed by atoms with Gasteiger partial charge >= 0.3 is 0 Å². The van der Waals surface area contributed by atoms with Crippen LogP contribution in [0.15, 0.2) is 16.3 Å². The van der Waals surface area contributed by atoms with E-state index >= 15 is 0 Å². The zero-order valence-electron chi connectivity index (χ0n) is 13.0. The Balaban J connectivity index is 2.08. The van der Waals surface area contributed by atoms with Crippen LogP contribution in [-0.2, 0) is 16.6 Å². The molecule has 0 bridgehead atoms. The Bertz CT molecular complexity index is 554. The van der Waals surface area contributed by atoms with Gasteiger partial charge in [0, 0.05) is 42.5 Å². The van der Waals surface area contributed by atoms with Crippen LogP contribution in [0.5, 0.6) is 0 Å². The first-order valence-electron chi connectivity index (χ1n) is 7.39. The van der Waals surface area contributed by atoms with E-state index in [-0.39, 0.29) is 0 Å². The van der Waals surface area contributed by atoms with E-state index in [2.05, 4.69) is 24.1 Å². The fraction of sp³-hybridized carbons (Fsp3) is 0.714. The monoisotopic (exact) mass is 331 g/mol. The topological polar surface area (TPSA) is 52.7 Å². The van der Waals surface area contributed by atoms with Gasteiger partial charge in [0.25, 0.3) is 0 Å². The first-order chi connectivity index (χ1) is 9.89. The number of nitrogens with zero attached hydrogens (tertiary/aromatic N) is 2. The molecule has 0 atom stereocenters. The highest BCUT2D eigenvalue weighted by molar-refractivity contribution is 7.89. The van der Waals surface area contributed by atoms with Gasteiger partial charge in [-0.2, -0.15) is 4.31 Å². The first-order valence-corrected chi connectivity index (χ1v) is 9.71. The lowest BCUT2D eigenvalue weighted by Gasteiger charge is -2.19. The third-order valence-corrected chi connectivity index (χ3v) is 6.59. The van der Waals surface area contributed by atoms with Crippen molar-refractivity contribution < 1.29 is 8.42 Å². The third kappa shape index (κ3) is 4.50. The predicted molar refractivity (Wildman–Crippen MR) is 87.2 cm³/mol. The van der Waals surface area contributed by atoms with E-state index in [4.69, 9.17) is 0 Å². The van der Waals surface area contributed by atoms with Gasteiger partial charge in [0.1, 0.15) is 0 Å². The first kappa shape index (κ1) is 16.9. The van der Waals surface area contributed by atoms with Crippen LogP contribution in [0.1, 0.15) is 25.1 Å². The Labute approximate surface area is 132 Å². The molecule has 0 unspecified atom stereocenters. The maximum atomic E-state index is 12.7. The molecule has 21 heavy (non-hydrogen) atoms. The molecule has 2 rings (SSSR count). The van der Waals surface area contributed by atoms with Crippen LogP contribution in [-0.4, -0.2) is 56.9 Å². The van der Waals surface area contributed by atoms with Crippen molar-refractivity contribution in [1.29, 1.82) is 0 Å². The highest BCUT2D eigenvalue weighted by Crippen LogP contribution is 2.23. The molecule has 1 saturated heterocycles. The van der Waals surface area contributed by atoms with Crippen LogP contribution in [0.4, 0.5) is 0 Å². The second-order valence-electron chi connectivity index (χ2n) is 5.85. The van der Waals surface area contributed by atoms with E-state index < -0.39 is 10.0 Å². The molecule has 1 aromatic rings. The van der Waals surface area contributed by atoms with E-state index in [1.54, 1.807) is 9.69 Å². The van der Waals surface area contributed by atoms with Crippen LogP contribution in [0.2, 0.25) is 0 Å². The van der Waals surface area contributed by atoms with Crippen molar-refractivity contribution in [3.8, 4) is 0 Å². The van der Waals surface area contributed by atoms with Crippen molar-refractivity contribution in [2.45, 2.75) is 37.8 Å². The lowest BCUT2D eigenvalue weighted by molar-refractivity contribution is 0.347. The van der Waals surface area contributed by atoms with Gasteiger partial charge in [0.05, 0.1) is 4.90 Å². The molecule has 0 saturated carbocycles. The molecule has 7 heteroatoms. The van der Waals surface area contributed by atoms with Crippen molar-refractivity contribution in [2.75, 3.05) is 33.2 Å². The largest absolute Gasteiger partial charge is 0.310 e. The number of hydrogen-bond donors (Lipinski definition) is 1. The average Bonchev–Trinajstić information content (AvgIpc) is 2.79. The van der Waals surface area contributed by atoms with Crippen molar-refractivity contribution in [1.82, 2.24) is 14.5 Å². The summed E-state index contributed by atoms with van der Waals surface area (Å²) < 4.78 is 27.0. The van der Waals surface area contributed by atoms with E-state index in [1.165, 1.54) is 11.3 Å². The molecule has 0 aromatic carbocycles. The van der Waals surface area contributed by atoms with Crippen LogP contribution in [0, 0.1) is 0 Å². The Morgan fingerprint density at radius 3 is 2.76 bits per heavy atom. The van der Waals surface area contributed by atoms with Crippen molar-refractivity contribution in [3.05, 3.63) is 16.3 Å². The molecule has 0 spiro atoms. The standard InChI is InChI=1S/C14H25N3O2S2/c1-12(2)15-10-13-9-14(11-20-13)21(18,19)17-6-4-5-16(3)7-8-17/h9,11-12,15H,4-8,10H2,1-3H3. The average molecular weight is 332 g/mol. The van der Waals surface area contributed by atoms with E-state index in [0.717, 1.165) is 30.9 Å². The number of hydrogen-bond acceptors (Lipinski definition) is 5. The number of rotatable bonds is 5. The van der Waals surface area contributed by atoms with E-state index in [1.807, 2.05) is 13.1 Å². The van der Waals surface area contributed by atoms with Gasteiger partial charge in [-0.3, -0.25) is 0 Å². The second-order valence-corrected chi connectivity index (χ2v) is 8.78. The Hall–Kier alpha value is -0.470. The van der Waals surface area contributed by atoms with Crippen LogP contribution < -0.4 is 5.32 Å². The summed E-state index contributed by atoms with van der Waals surface area (Å²) in [4.78, 5) is 3.69. The Kier molecular flexibility index (Phi) is 5.79. The van der Waals surface area contributed by atoms with E-state index in [0.29, 0.717) is 24.0 Å². The Morgan fingerprint density at radius 2 is 2.05 bits per heavy atom. The molecule has 1 N–H and O–H groups in total. The molecule has 0 aliphatic carbocycles. The SMILES string of the molecule is CC(C)NCc1cc(S(=O)(=O)N2CCCN(C)CC2)cs1. The van der Waals surface area contributed by atoms with Crippen molar-refractivity contribution >= 4 is 21.4 Å². The molecule has 0 amide bonds. The molecule has 1 aliphatic rings. The molecular weight excluding hydrogens is 306 g/mol. The summed E-state index contributed by atoms with van der Waals surface area (Å²) in [5.41, 5.74) is 0. The second kappa shape index (κ2) is 7.19. The summed E-state index contributed by atoms with van der Waals surface area (Å²) in [6.07, 6.45) is 0.891. The van der Waals surface area contributed by atoms with E-state index in [9.17, 15) is 8.42 Å². The third-order valence-electron chi connectivity index (χ3n) is 3.63. The van der Waals surface area contributed by atoms with Gasteiger partial charge in [-0.1, -0.05) is 13.8 Å². The minimum Gasteiger partial charge on any atom is -0.310 e. The van der Waals surface area contributed by atoms with Gasteiger partial charge < -0.3 is 10.2 Å². The lowest BCUT2D eigenvalue weighted by atomic mass is 10.4.